The summed E-state index contributed by atoms with van der Waals surface area (Å²) in [5.74, 6) is -1.95. The van der Waals surface area contributed by atoms with E-state index in [1.807, 2.05) is 20.8 Å². The molecule has 1 rings (SSSR count). The second kappa shape index (κ2) is 7.81. The van der Waals surface area contributed by atoms with Gasteiger partial charge in [-0.1, -0.05) is 20.8 Å². The van der Waals surface area contributed by atoms with Crippen molar-refractivity contribution in [1.82, 2.24) is 5.32 Å². The lowest BCUT2D eigenvalue weighted by Gasteiger charge is -2.38. The van der Waals surface area contributed by atoms with Crippen LogP contribution in [0.4, 0.5) is 20.2 Å². The van der Waals surface area contributed by atoms with Gasteiger partial charge < -0.3 is 10.2 Å². The van der Waals surface area contributed by atoms with E-state index < -0.39 is 22.7 Å². The van der Waals surface area contributed by atoms with E-state index in [-0.39, 0.29) is 35.8 Å². The monoisotopic (exact) mass is 364 g/mol. The lowest BCUT2D eigenvalue weighted by molar-refractivity contribution is -0.122. The molecule has 1 N–H and O–H groups in total. The summed E-state index contributed by atoms with van der Waals surface area (Å²) < 4.78 is 29.1. The predicted octanol–water partition coefficient (Wildman–Crippen LogP) is 4.28. The van der Waals surface area contributed by atoms with Crippen molar-refractivity contribution in [1.29, 1.82) is 5.26 Å². The second-order valence-electron chi connectivity index (χ2n) is 8.28. The Morgan fingerprint density at radius 1 is 1.31 bits per heavy atom. The van der Waals surface area contributed by atoms with E-state index in [9.17, 15) is 13.6 Å². The first-order valence-electron chi connectivity index (χ1n) is 8.25. The van der Waals surface area contributed by atoms with E-state index in [2.05, 4.69) is 17.0 Å². The summed E-state index contributed by atoms with van der Waals surface area (Å²) in [6.07, 6.45) is 0.284. The summed E-state index contributed by atoms with van der Waals surface area (Å²) in [6.45, 7) is 14.4. The van der Waals surface area contributed by atoms with Gasteiger partial charge in [0.1, 0.15) is 17.4 Å². The van der Waals surface area contributed by atoms with Gasteiger partial charge in [-0.3, -0.25) is 9.79 Å². The first-order chi connectivity index (χ1) is 11.8. The number of aliphatic imine (C=N–C) groups is 1. The number of nitrogens with zero attached hydrogens (tertiary/aromatic N) is 3. The van der Waals surface area contributed by atoms with Crippen molar-refractivity contribution in [2.75, 3.05) is 11.6 Å². The fourth-order valence-electron chi connectivity index (χ4n) is 2.44. The van der Waals surface area contributed by atoms with Gasteiger partial charge in [-0.25, -0.2) is 8.78 Å². The van der Waals surface area contributed by atoms with Crippen LogP contribution in [0.15, 0.2) is 11.1 Å². The average Bonchev–Trinajstić information content (AvgIpc) is 2.47. The number of anilines is 1. The molecule has 0 aliphatic heterocycles. The first-order valence-corrected chi connectivity index (χ1v) is 8.25. The highest BCUT2D eigenvalue weighted by Gasteiger charge is 2.30. The van der Waals surface area contributed by atoms with Crippen molar-refractivity contribution in [2.24, 2.45) is 10.4 Å². The Balaban J connectivity index is 3.36. The lowest BCUT2D eigenvalue weighted by atomic mass is 9.92. The zero-order valence-electron chi connectivity index (χ0n) is 16.2. The highest BCUT2D eigenvalue weighted by molar-refractivity contribution is 5.78. The lowest BCUT2D eigenvalue weighted by Crippen LogP contribution is -2.49. The Morgan fingerprint density at radius 2 is 1.88 bits per heavy atom. The molecule has 1 amide bonds. The van der Waals surface area contributed by atoms with E-state index in [1.54, 1.807) is 26.8 Å². The van der Waals surface area contributed by atoms with Crippen molar-refractivity contribution in [3.63, 3.8) is 0 Å². The molecule has 5 nitrogen and oxygen atoms in total. The molecule has 0 bridgehead atoms. The van der Waals surface area contributed by atoms with Gasteiger partial charge in [0.05, 0.1) is 12.2 Å². The van der Waals surface area contributed by atoms with Gasteiger partial charge in [-0.05, 0) is 39.0 Å². The Labute approximate surface area is 153 Å². The number of hydrogen-bond acceptors (Lipinski definition) is 4. The van der Waals surface area contributed by atoms with Crippen LogP contribution in [-0.4, -0.2) is 24.8 Å². The maximum Gasteiger partial charge on any atom is 0.221 e. The van der Waals surface area contributed by atoms with Crippen LogP contribution in [0.2, 0.25) is 0 Å². The normalized spacial score (nSPS) is 11.7. The number of carbonyl (C=O) groups is 1. The van der Waals surface area contributed by atoms with Crippen LogP contribution in [0.3, 0.4) is 0 Å². The number of nitrogens with one attached hydrogen (secondary N) is 1. The SMILES string of the molecule is C=Nc1c(F)cc(C#N)c(F)c1N(CNC(=O)CC(C)(C)C)C(C)(C)C. The van der Waals surface area contributed by atoms with Crippen molar-refractivity contribution in [3.8, 4) is 6.07 Å². The summed E-state index contributed by atoms with van der Waals surface area (Å²) in [5, 5.41) is 11.8. The molecule has 0 radical (unpaired) electrons. The smallest absolute Gasteiger partial charge is 0.221 e. The van der Waals surface area contributed by atoms with Crippen molar-refractivity contribution >= 4 is 24.0 Å². The Morgan fingerprint density at radius 3 is 2.31 bits per heavy atom. The second-order valence-corrected chi connectivity index (χ2v) is 8.28. The third-order valence-electron chi connectivity index (χ3n) is 3.65. The minimum atomic E-state index is -0.892. The van der Waals surface area contributed by atoms with Crippen LogP contribution in [-0.2, 0) is 4.79 Å². The average molecular weight is 364 g/mol. The number of rotatable bonds is 5. The van der Waals surface area contributed by atoms with Gasteiger partial charge in [0.15, 0.2) is 11.6 Å². The zero-order valence-corrected chi connectivity index (χ0v) is 16.2. The predicted molar refractivity (Wildman–Crippen MR) is 99.6 cm³/mol. The standard InChI is InChI=1S/C19H26F2N4O/c1-18(2,3)9-14(26)24-11-25(19(4,5)6)17-15(21)12(10-22)8-13(20)16(17)23-7/h8H,7,9,11H2,1-6H3,(H,24,26). The van der Waals surface area contributed by atoms with Crippen molar-refractivity contribution in [3.05, 3.63) is 23.3 Å². The van der Waals surface area contributed by atoms with E-state index in [1.165, 1.54) is 4.90 Å². The molecule has 0 aliphatic carbocycles. The van der Waals surface area contributed by atoms with Gasteiger partial charge in [0.2, 0.25) is 5.91 Å². The number of carbonyl (C=O) groups excluding carboxylic acids is 1. The largest absolute Gasteiger partial charge is 0.345 e. The van der Waals surface area contributed by atoms with E-state index in [4.69, 9.17) is 5.26 Å². The van der Waals surface area contributed by atoms with E-state index in [0.29, 0.717) is 0 Å². The molecular formula is C19H26F2N4O. The van der Waals surface area contributed by atoms with Crippen LogP contribution >= 0.6 is 0 Å². The van der Waals surface area contributed by atoms with Crippen LogP contribution < -0.4 is 10.2 Å². The molecule has 0 spiro atoms. The number of nitriles is 1. The first kappa shape index (κ1) is 21.6. The summed E-state index contributed by atoms with van der Waals surface area (Å²) >= 11 is 0. The fraction of sp³-hybridized carbons (Fsp3) is 0.526. The Bertz CT molecular complexity index is 740. The van der Waals surface area contributed by atoms with Crippen molar-refractivity contribution in [2.45, 2.75) is 53.5 Å². The molecule has 0 saturated carbocycles. The topological polar surface area (TPSA) is 68.5 Å². The van der Waals surface area contributed by atoms with Gasteiger partial charge >= 0.3 is 0 Å². The highest BCUT2D eigenvalue weighted by atomic mass is 19.1. The third kappa shape index (κ3) is 5.25. The van der Waals surface area contributed by atoms with E-state index >= 15 is 0 Å². The van der Waals surface area contributed by atoms with Crippen LogP contribution in [0.25, 0.3) is 0 Å². The van der Waals surface area contributed by atoms with Gasteiger partial charge in [-0.2, -0.15) is 5.26 Å². The quantitative estimate of drug-likeness (QED) is 0.626. The Hall–Kier alpha value is -2.49. The van der Waals surface area contributed by atoms with Crippen molar-refractivity contribution < 1.29 is 13.6 Å². The molecule has 0 aliphatic rings. The van der Waals surface area contributed by atoms with Crippen LogP contribution in [0, 0.1) is 28.4 Å². The molecule has 0 atom stereocenters. The zero-order chi connectivity index (χ0) is 20.3. The van der Waals surface area contributed by atoms with Gasteiger partial charge in [-0.15, -0.1) is 0 Å². The summed E-state index contributed by atoms with van der Waals surface area (Å²) in [5.41, 5.74) is -1.81. The molecule has 0 fully saturated rings. The number of benzene rings is 1. The molecule has 0 unspecified atom stereocenters. The maximum atomic E-state index is 14.8. The number of amides is 1. The minimum absolute atomic E-state index is 0.0633. The molecule has 142 valence electrons. The van der Waals surface area contributed by atoms with Crippen LogP contribution in [0.5, 0.6) is 0 Å². The van der Waals surface area contributed by atoms with Gasteiger partial charge in [0.25, 0.3) is 0 Å². The highest BCUT2D eigenvalue weighted by Crippen LogP contribution is 2.38. The minimum Gasteiger partial charge on any atom is -0.345 e. The maximum absolute atomic E-state index is 14.8. The van der Waals surface area contributed by atoms with E-state index in [0.717, 1.165) is 6.07 Å². The molecule has 0 saturated heterocycles. The molecule has 0 heterocycles. The third-order valence-corrected chi connectivity index (χ3v) is 3.65. The number of hydrogen-bond donors (Lipinski definition) is 1. The van der Waals surface area contributed by atoms with Gasteiger partial charge in [0, 0.05) is 12.0 Å². The molecule has 0 aromatic heterocycles. The summed E-state index contributed by atoms with van der Waals surface area (Å²) in [4.78, 5) is 17.2. The van der Waals surface area contributed by atoms with Crippen LogP contribution in [0.1, 0.15) is 53.5 Å². The fourth-order valence-corrected chi connectivity index (χ4v) is 2.44. The number of halogens is 2. The summed E-state index contributed by atoms with van der Waals surface area (Å²) in [6, 6.07) is 2.43. The molecule has 1 aromatic rings. The molecule has 7 heteroatoms. The molecule has 26 heavy (non-hydrogen) atoms. The molecule has 1 aromatic carbocycles. The summed E-state index contributed by atoms with van der Waals surface area (Å²) in [7, 11) is 0. The Kier molecular flexibility index (Phi) is 6.48. The molecular weight excluding hydrogens is 338 g/mol.